The fourth-order valence-electron chi connectivity index (χ4n) is 0.829. The summed E-state index contributed by atoms with van der Waals surface area (Å²) in [6.07, 6.45) is 0. The number of aliphatic hydroxyl groups excluding tert-OH is 1. The summed E-state index contributed by atoms with van der Waals surface area (Å²) in [5.41, 5.74) is 0.137. The fourth-order valence-corrected chi connectivity index (χ4v) is 1.08. The molecule has 0 saturated heterocycles. The van der Waals surface area contributed by atoms with Gasteiger partial charge in [0.05, 0.1) is 17.2 Å². The van der Waals surface area contributed by atoms with Gasteiger partial charge in [0.25, 0.3) is 0 Å². The molecular formula is C8H5ClFNO. The highest BCUT2D eigenvalue weighted by Gasteiger charge is 2.09. The van der Waals surface area contributed by atoms with E-state index in [-0.39, 0.29) is 16.1 Å². The van der Waals surface area contributed by atoms with Crippen molar-refractivity contribution in [2.75, 3.05) is 0 Å². The van der Waals surface area contributed by atoms with Crippen molar-refractivity contribution in [3.05, 3.63) is 34.1 Å². The second kappa shape index (κ2) is 3.53. The average Bonchev–Trinajstić information content (AvgIpc) is 2.06. The molecule has 0 atom stereocenters. The standard InChI is InChI=1S/C8H5ClFNO/c9-8-5(3-11)1-2-7(10)6(8)4-12/h1-2,12H,4H2. The second-order valence-corrected chi connectivity index (χ2v) is 2.54. The number of hydrogen-bond acceptors (Lipinski definition) is 2. The number of benzene rings is 1. The van der Waals surface area contributed by atoms with E-state index in [9.17, 15) is 4.39 Å². The first-order valence-corrected chi connectivity index (χ1v) is 3.56. The molecule has 0 aromatic heterocycles. The van der Waals surface area contributed by atoms with E-state index in [1.165, 1.54) is 6.07 Å². The van der Waals surface area contributed by atoms with Gasteiger partial charge in [-0.15, -0.1) is 0 Å². The summed E-state index contributed by atoms with van der Waals surface area (Å²) in [4.78, 5) is 0. The van der Waals surface area contributed by atoms with Crippen molar-refractivity contribution in [2.45, 2.75) is 6.61 Å². The van der Waals surface area contributed by atoms with E-state index in [1.807, 2.05) is 0 Å². The Morgan fingerprint density at radius 1 is 1.58 bits per heavy atom. The quantitative estimate of drug-likeness (QED) is 0.726. The number of hydrogen-bond donors (Lipinski definition) is 1. The first-order valence-electron chi connectivity index (χ1n) is 3.18. The summed E-state index contributed by atoms with van der Waals surface area (Å²) in [6.45, 7) is -0.500. The minimum atomic E-state index is -0.596. The first-order chi connectivity index (χ1) is 5.70. The van der Waals surface area contributed by atoms with Crippen molar-refractivity contribution < 1.29 is 9.50 Å². The third-order valence-electron chi connectivity index (χ3n) is 1.46. The minimum Gasteiger partial charge on any atom is -0.392 e. The van der Waals surface area contributed by atoms with E-state index in [2.05, 4.69) is 0 Å². The molecule has 0 aliphatic heterocycles. The van der Waals surface area contributed by atoms with Crippen LogP contribution in [0.1, 0.15) is 11.1 Å². The predicted octanol–water partition coefficient (Wildman–Crippen LogP) is 1.84. The topological polar surface area (TPSA) is 44.0 Å². The zero-order valence-corrected chi connectivity index (χ0v) is 6.77. The Labute approximate surface area is 73.8 Å². The summed E-state index contributed by atoms with van der Waals surface area (Å²) < 4.78 is 12.8. The first kappa shape index (κ1) is 8.98. The van der Waals surface area contributed by atoms with E-state index in [0.717, 1.165) is 6.07 Å². The van der Waals surface area contributed by atoms with Gasteiger partial charge < -0.3 is 5.11 Å². The Balaban J connectivity index is 3.36. The Morgan fingerprint density at radius 3 is 2.75 bits per heavy atom. The van der Waals surface area contributed by atoms with Gasteiger partial charge in [-0.25, -0.2) is 4.39 Å². The van der Waals surface area contributed by atoms with Crippen molar-refractivity contribution in [1.82, 2.24) is 0 Å². The number of nitrogens with zero attached hydrogens (tertiary/aromatic N) is 1. The molecule has 1 aromatic carbocycles. The van der Waals surface area contributed by atoms with Gasteiger partial charge >= 0.3 is 0 Å². The molecule has 62 valence electrons. The number of nitriles is 1. The molecule has 0 saturated carbocycles. The van der Waals surface area contributed by atoms with Crippen LogP contribution < -0.4 is 0 Å². The van der Waals surface area contributed by atoms with Crippen molar-refractivity contribution >= 4 is 11.6 Å². The Kier molecular flexibility index (Phi) is 2.64. The van der Waals surface area contributed by atoms with Crippen LogP contribution in [0.5, 0.6) is 0 Å². The maximum Gasteiger partial charge on any atom is 0.130 e. The Morgan fingerprint density at radius 2 is 2.25 bits per heavy atom. The van der Waals surface area contributed by atoms with Gasteiger partial charge in [0.2, 0.25) is 0 Å². The highest BCUT2D eigenvalue weighted by Crippen LogP contribution is 2.23. The fraction of sp³-hybridized carbons (Fsp3) is 0.125. The van der Waals surface area contributed by atoms with Crippen molar-refractivity contribution in [3.63, 3.8) is 0 Å². The van der Waals surface area contributed by atoms with E-state index in [0.29, 0.717) is 0 Å². The predicted molar refractivity (Wildman–Crippen MR) is 42.0 cm³/mol. The normalized spacial score (nSPS) is 9.50. The number of aliphatic hydroxyl groups is 1. The van der Waals surface area contributed by atoms with E-state index < -0.39 is 12.4 Å². The SMILES string of the molecule is N#Cc1ccc(F)c(CO)c1Cl. The summed E-state index contributed by atoms with van der Waals surface area (Å²) in [5, 5.41) is 17.2. The van der Waals surface area contributed by atoms with Crippen LogP contribution in [-0.2, 0) is 6.61 Å². The van der Waals surface area contributed by atoms with Crippen LogP contribution in [0.15, 0.2) is 12.1 Å². The summed E-state index contributed by atoms with van der Waals surface area (Å²) >= 11 is 5.59. The van der Waals surface area contributed by atoms with Crippen LogP contribution in [-0.4, -0.2) is 5.11 Å². The molecule has 0 heterocycles. The molecular weight excluding hydrogens is 181 g/mol. The molecule has 2 nitrogen and oxygen atoms in total. The zero-order valence-electron chi connectivity index (χ0n) is 6.01. The lowest BCUT2D eigenvalue weighted by molar-refractivity contribution is 0.276. The third kappa shape index (κ3) is 1.40. The molecule has 1 N–H and O–H groups in total. The number of halogens is 2. The van der Waals surface area contributed by atoms with E-state index >= 15 is 0 Å². The lowest BCUT2D eigenvalue weighted by atomic mass is 10.1. The number of rotatable bonds is 1. The average molecular weight is 186 g/mol. The molecule has 0 radical (unpaired) electrons. The minimum absolute atomic E-state index is 0.0139. The van der Waals surface area contributed by atoms with Gasteiger partial charge in [-0.3, -0.25) is 0 Å². The third-order valence-corrected chi connectivity index (χ3v) is 1.90. The molecule has 0 amide bonds. The van der Waals surface area contributed by atoms with Gasteiger partial charge in [0.15, 0.2) is 0 Å². The lowest BCUT2D eigenvalue weighted by Gasteiger charge is -2.02. The molecule has 0 aliphatic rings. The molecule has 12 heavy (non-hydrogen) atoms. The maximum atomic E-state index is 12.8. The van der Waals surface area contributed by atoms with Crippen LogP contribution in [0.4, 0.5) is 4.39 Å². The van der Waals surface area contributed by atoms with Crippen molar-refractivity contribution in [2.24, 2.45) is 0 Å². The molecule has 0 fully saturated rings. The summed E-state index contributed by atoms with van der Waals surface area (Å²) in [5.74, 6) is -0.596. The second-order valence-electron chi connectivity index (χ2n) is 2.16. The molecule has 0 bridgehead atoms. The summed E-state index contributed by atoms with van der Waals surface area (Å²) in [7, 11) is 0. The van der Waals surface area contributed by atoms with Crippen molar-refractivity contribution in [1.29, 1.82) is 5.26 Å². The lowest BCUT2D eigenvalue weighted by Crippen LogP contribution is -1.93. The van der Waals surface area contributed by atoms with Crippen LogP contribution in [0.2, 0.25) is 5.02 Å². The molecule has 0 aliphatic carbocycles. The Bertz CT molecular complexity index is 346. The molecule has 1 aromatic rings. The van der Waals surface area contributed by atoms with Crippen molar-refractivity contribution in [3.8, 4) is 6.07 Å². The van der Waals surface area contributed by atoms with Gasteiger partial charge in [-0.1, -0.05) is 11.6 Å². The molecule has 0 unspecified atom stereocenters. The monoisotopic (exact) mass is 185 g/mol. The van der Waals surface area contributed by atoms with Gasteiger partial charge in [-0.05, 0) is 12.1 Å². The van der Waals surface area contributed by atoms with Crippen LogP contribution in [0.25, 0.3) is 0 Å². The Hall–Kier alpha value is -1.11. The van der Waals surface area contributed by atoms with E-state index in [4.69, 9.17) is 22.0 Å². The zero-order chi connectivity index (χ0) is 9.14. The largest absolute Gasteiger partial charge is 0.392 e. The van der Waals surface area contributed by atoms with Crippen LogP contribution in [0.3, 0.4) is 0 Å². The highest BCUT2D eigenvalue weighted by atomic mass is 35.5. The van der Waals surface area contributed by atoms with Crippen LogP contribution in [0, 0.1) is 17.1 Å². The highest BCUT2D eigenvalue weighted by molar-refractivity contribution is 6.32. The van der Waals surface area contributed by atoms with Gasteiger partial charge in [0.1, 0.15) is 11.9 Å². The van der Waals surface area contributed by atoms with Gasteiger partial charge in [-0.2, -0.15) is 5.26 Å². The summed E-state index contributed by atoms with van der Waals surface area (Å²) in [6, 6.07) is 4.17. The molecule has 4 heteroatoms. The smallest absolute Gasteiger partial charge is 0.130 e. The molecule has 1 rings (SSSR count). The maximum absolute atomic E-state index is 12.8. The van der Waals surface area contributed by atoms with E-state index in [1.54, 1.807) is 6.07 Å². The van der Waals surface area contributed by atoms with Crippen LogP contribution >= 0.6 is 11.6 Å². The molecule has 0 spiro atoms. The van der Waals surface area contributed by atoms with Gasteiger partial charge in [0, 0.05) is 5.56 Å².